The monoisotopic (exact) mass is 414 g/mol. The number of carbonyl (C=O) groups excluding carboxylic acids is 1. The molecule has 1 atom stereocenters. The number of benzene rings is 2. The van der Waals surface area contributed by atoms with Crippen LogP contribution >= 0.6 is 0 Å². The predicted octanol–water partition coefficient (Wildman–Crippen LogP) is 3.42. The number of hydrogen-bond donors (Lipinski definition) is 1. The second kappa shape index (κ2) is 7.80. The minimum absolute atomic E-state index is 0.154. The molecule has 0 aromatic heterocycles. The van der Waals surface area contributed by atoms with Crippen LogP contribution in [0.4, 0.5) is 5.69 Å². The first-order valence-electron chi connectivity index (χ1n) is 10.0. The number of methoxy groups -OCH3 is 1. The van der Waals surface area contributed by atoms with Crippen molar-refractivity contribution in [3.63, 3.8) is 0 Å². The predicted molar refractivity (Wildman–Crippen MR) is 112 cm³/mol. The lowest BCUT2D eigenvalue weighted by Gasteiger charge is -2.19. The van der Waals surface area contributed by atoms with Crippen molar-refractivity contribution in [2.24, 2.45) is 5.92 Å². The van der Waals surface area contributed by atoms with E-state index >= 15 is 0 Å². The van der Waals surface area contributed by atoms with Crippen LogP contribution < -0.4 is 14.4 Å². The van der Waals surface area contributed by atoms with Crippen molar-refractivity contribution in [1.29, 1.82) is 0 Å². The number of rotatable bonds is 7. The van der Waals surface area contributed by atoms with Gasteiger partial charge in [0.05, 0.1) is 12.0 Å². The van der Waals surface area contributed by atoms with Crippen LogP contribution in [0.5, 0.6) is 5.75 Å². The van der Waals surface area contributed by atoms with E-state index in [0.717, 1.165) is 35.4 Å². The molecule has 2 aromatic carbocycles. The van der Waals surface area contributed by atoms with E-state index in [-0.39, 0.29) is 22.8 Å². The van der Waals surface area contributed by atoms with Gasteiger partial charge in [-0.1, -0.05) is 19.1 Å². The standard InChI is InChI=1S/C22H26N2O4S/c1-3-20(15-6-8-18(28-2)9-7-15)23-29(26,27)19-10-11-21-17(14-19)12-13-24(21)22(25)16-4-5-16/h6-11,14,16,20,23H,3-5,12-13H2,1-2H3/t20-/m0/s1. The summed E-state index contributed by atoms with van der Waals surface area (Å²) in [7, 11) is -2.08. The zero-order valence-corrected chi connectivity index (χ0v) is 17.5. The third kappa shape index (κ3) is 4.02. The number of fused-ring (bicyclic) bond motifs is 1. The fraction of sp³-hybridized carbons (Fsp3) is 0.409. The van der Waals surface area contributed by atoms with Crippen molar-refractivity contribution in [2.75, 3.05) is 18.6 Å². The van der Waals surface area contributed by atoms with Gasteiger partial charge in [-0.3, -0.25) is 4.79 Å². The van der Waals surface area contributed by atoms with Gasteiger partial charge in [-0.05, 0) is 67.1 Å². The summed E-state index contributed by atoms with van der Waals surface area (Å²) >= 11 is 0. The number of hydrogen-bond acceptors (Lipinski definition) is 4. The van der Waals surface area contributed by atoms with Crippen LogP contribution in [0.1, 0.15) is 43.4 Å². The highest BCUT2D eigenvalue weighted by molar-refractivity contribution is 7.89. The van der Waals surface area contributed by atoms with Gasteiger partial charge in [0.2, 0.25) is 15.9 Å². The average Bonchev–Trinajstić information content (AvgIpc) is 3.50. The Kier molecular flexibility index (Phi) is 5.36. The molecule has 2 aromatic rings. The number of nitrogens with one attached hydrogen (secondary N) is 1. The lowest BCUT2D eigenvalue weighted by Crippen LogP contribution is -2.30. The van der Waals surface area contributed by atoms with E-state index in [2.05, 4.69) is 4.72 Å². The van der Waals surface area contributed by atoms with E-state index < -0.39 is 10.0 Å². The van der Waals surface area contributed by atoms with Crippen LogP contribution in [0, 0.1) is 5.92 Å². The van der Waals surface area contributed by atoms with E-state index in [0.29, 0.717) is 19.4 Å². The molecule has 6 nitrogen and oxygen atoms in total. The molecule has 1 heterocycles. The Morgan fingerprint density at radius 2 is 1.93 bits per heavy atom. The third-order valence-electron chi connectivity index (χ3n) is 5.67. The van der Waals surface area contributed by atoms with Crippen LogP contribution in [0.25, 0.3) is 0 Å². The quantitative estimate of drug-likeness (QED) is 0.753. The van der Waals surface area contributed by atoms with Gasteiger partial charge in [-0.15, -0.1) is 0 Å². The maximum atomic E-state index is 13.0. The molecule has 2 aliphatic rings. The normalized spacial score (nSPS) is 17.1. The SMILES string of the molecule is CC[C@H](NS(=O)(=O)c1ccc2c(c1)CCN2C(=O)C1CC1)c1ccc(OC)cc1. The molecule has 0 unspecified atom stereocenters. The molecule has 0 bridgehead atoms. The van der Waals surface area contributed by atoms with E-state index in [1.807, 2.05) is 36.1 Å². The van der Waals surface area contributed by atoms with Crippen LogP contribution in [0.2, 0.25) is 0 Å². The Balaban J connectivity index is 1.54. The van der Waals surface area contributed by atoms with Gasteiger partial charge in [-0.2, -0.15) is 0 Å². The van der Waals surface area contributed by atoms with Gasteiger partial charge in [0, 0.05) is 24.2 Å². The minimum Gasteiger partial charge on any atom is -0.497 e. The summed E-state index contributed by atoms with van der Waals surface area (Å²) in [6, 6.07) is 12.1. The first-order valence-corrected chi connectivity index (χ1v) is 11.5. The molecule has 0 spiro atoms. The molecule has 0 saturated heterocycles. The molecular formula is C22H26N2O4S. The summed E-state index contributed by atoms with van der Waals surface area (Å²) in [5.74, 6) is 1.05. The Morgan fingerprint density at radius 3 is 2.55 bits per heavy atom. The Bertz CT molecular complexity index is 1010. The summed E-state index contributed by atoms with van der Waals surface area (Å²) in [5.41, 5.74) is 2.65. The molecule has 0 radical (unpaired) electrons. The molecular weight excluding hydrogens is 388 g/mol. The fourth-order valence-corrected chi connectivity index (χ4v) is 5.16. The summed E-state index contributed by atoms with van der Waals surface area (Å²) in [6.45, 7) is 2.58. The third-order valence-corrected chi connectivity index (χ3v) is 7.14. The summed E-state index contributed by atoms with van der Waals surface area (Å²) in [6.07, 6.45) is 3.24. The van der Waals surface area contributed by atoms with Crippen molar-refractivity contribution >= 4 is 21.6 Å². The molecule has 1 aliphatic carbocycles. The maximum Gasteiger partial charge on any atom is 0.241 e. The molecule has 1 N–H and O–H groups in total. The molecule has 1 saturated carbocycles. The van der Waals surface area contributed by atoms with Crippen molar-refractivity contribution in [2.45, 2.75) is 43.5 Å². The molecule has 29 heavy (non-hydrogen) atoms. The van der Waals surface area contributed by atoms with Gasteiger partial charge in [0.1, 0.15) is 5.75 Å². The lowest BCUT2D eigenvalue weighted by atomic mass is 10.1. The van der Waals surface area contributed by atoms with E-state index in [1.165, 1.54) is 0 Å². The van der Waals surface area contributed by atoms with Crippen molar-refractivity contribution in [3.05, 3.63) is 53.6 Å². The van der Waals surface area contributed by atoms with E-state index in [4.69, 9.17) is 4.74 Å². The first kappa shape index (κ1) is 19.9. The Labute approximate surface area is 171 Å². The zero-order valence-electron chi connectivity index (χ0n) is 16.7. The van der Waals surface area contributed by atoms with Gasteiger partial charge in [0.15, 0.2) is 0 Å². The van der Waals surface area contributed by atoms with Crippen LogP contribution in [0.15, 0.2) is 47.4 Å². The number of anilines is 1. The largest absolute Gasteiger partial charge is 0.497 e. The highest BCUT2D eigenvalue weighted by Gasteiger charge is 2.36. The maximum absolute atomic E-state index is 13.0. The van der Waals surface area contributed by atoms with Gasteiger partial charge < -0.3 is 9.64 Å². The highest BCUT2D eigenvalue weighted by atomic mass is 32.2. The Morgan fingerprint density at radius 1 is 1.21 bits per heavy atom. The van der Waals surface area contributed by atoms with E-state index in [1.54, 1.807) is 25.3 Å². The Hall–Kier alpha value is -2.38. The second-order valence-electron chi connectivity index (χ2n) is 7.66. The van der Waals surface area contributed by atoms with Crippen LogP contribution in [-0.4, -0.2) is 28.0 Å². The number of ether oxygens (including phenoxy) is 1. The smallest absolute Gasteiger partial charge is 0.241 e. The number of sulfonamides is 1. The van der Waals surface area contributed by atoms with Crippen molar-refractivity contribution in [1.82, 2.24) is 4.72 Å². The topological polar surface area (TPSA) is 75.7 Å². The van der Waals surface area contributed by atoms with Crippen molar-refractivity contribution < 1.29 is 17.9 Å². The van der Waals surface area contributed by atoms with Gasteiger partial charge >= 0.3 is 0 Å². The molecule has 1 amide bonds. The van der Waals surface area contributed by atoms with Crippen LogP contribution in [0.3, 0.4) is 0 Å². The average molecular weight is 415 g/mol. The van der Waals surface area contributed by atoms with Crippen LogP contribution in [-0.2, 0) is 21.2 Å². The van der Waals surface area contributed by atoms with Crippen molar-refractivity contribution in [3.8, 4) is 5.75 Å². The molecule has 1 aliphatic heterocycles. The number of nitrogens with zero attached hydrogens (tertiary/aromatic N) is 1. The van der Waals surface area contributed by atoms with Gasteiger partial charge in [0.25, 0.3) is 0 Å². The molecule has 1 fully saturated rings. The fourth-order valence-electron chi connectivity index (χ4n) is 3.80. The minimum atomic E-state index is -3.68. The van der Waals surface area contributed by atoms with Gasteiger partial charge in [-0.25, -0.2) is 13.1 Å². The first-order chi connectivity index (χ1) is 13.9. The highest BCUT2D eigenvalue weighted by Crippen LogP contribution is 2.37. The summed E-state index contributed by atoms with van der Waals surface area (Å²) in [4.78, 5) is 14.5. The molecule has 7 heteroatoms. The van der Waals surface area contributed by atoms with E-state index in [9.17, 15) is 13.2 Å². The number of amides is 1. The summed E-state index contributed by atoms with van der Waals surface area (Å²) in [5, 5.41) is 0. The molecule has 154 valence electrons. The number of carbonyl (C=O) groups is 1. The summed E-state index contributed by atoms with van der Waals surface area (Å²) < 4.78 is 34.0. The lowest BCUT2D eigenvalue weighted by molar-refractivity contribution is -0.119. The zero-order chi connectivity index (χ0) is 20.6. The molecule has 4 rings (SSSR count). The second-order valence-corrected chi connectivity index (χ2v) is 9.37.